The molecule has 1 aliphatic carbocycles. The number of nitrogens with one attached hydrogen (secondary N) is 1. The molecule has 1 N–H and O–H groups in total. The van der Waals surface area contributed by atoms with Gasteiger partial charge in [-0.05, 0) is 31.4 Å². The molecule has 0 spiro atoms. The van der Waals surface area contributed by atoms with E-state index in [0.29, 0.717) is 25.9 Å². The normalized spacial score (nSPS) is 21.6. The van der Waals surface area contributed by atoms with Crippen molar-refractivity contribution in [1.82, 2.24) is 5.32 Å². The highest BCUT2D eigenvalue weighted by Crippen LogP contribution is 2.27. The van der Waals surface area contributed by atoms with Gasteiger partial charge in [0.05, 0.1) is 0 Å². The van der Waals surface area contributed by atoms with Crippen LogP contribution in [-0.4, -0.2) is 24.9 Å². The van der Waals surface area contributed by atoms with Gasteiger partial charge in [0.25, 0.3) is 0 Å². The molecule has 1 aromatic carbocycles. The Kier molecular flexibility index (Phi) is 6.11. The largest absolute Gasteiger partial charge is 0.356 e. The van der Waals surface area contributed by atoms with Gasteiger partial charge in [-0.15, -0.1) is 0 Å². The lowest BCUT2D eigenvalue weighted by molar-refractivity contribution is -0.122. The molecule has 1 aliphatic heterocycles. The fourth-order valence-electron chi connectivity index (χ4n) is 4.05. The van der Waals surface area contributed by atoms with Crippen molar-refractivity contribution in [3.8, 4) is 0 Å². The third-order valence-corrected chi connectivity index (χ3v) is 5.64. The van der Waals surface area contributed by atoms with E-state index in [2.05, 4.69) is 5.32 Å². The van der Waals surface area contributed by atoms with E-state index in [9.17, 15) is 9.59 Å². The summed E-state index contributed by atoms with van der Waals surface area (Å²) in [4.78, 5) is 26.2. The number of carbonyl (C=O) groups excluding carboxylic acids is 2. The molecule has 2 fully saturated rings. The summed E-state index contributed by atoms with van der Waals surface area (Å²) < 4.78 is 0. The first kappa shape index (κ1) is 18.0. The zero-order valence-corrected chi connectivity index (χ0v) is 15.3. The molecule has 1 unspecified atom stereocenters. The van der Waals surface area contributed by atoms with Crippen LogP contribution in [0, 0.1) is 18.8 Å². The molecule has 2 amide bonds. The Bertz CT molecular complexity index is 590. The molecule has 0 bridgehead atoms. The lowest BCUT2D eigenvalue weighted by Gasteiger charge is -2.21. The Balaban J connectivity index is 1.40. The SMILES string of the molecule is Cc1ccc(N2CC(CNC(=O)CCC3CCCCC3)CC2=O)cc1. The minimum Gasteiger partial charge on any atom is -0.356 e. The lowest BCUT2D eigenvalue weighted by atomic mass is 9.86. The third kappa shape index (κ3) is 5.07. The van der Waals surface area contributed by atoms with Crippen LogP contribution in [0.2, 0.25) is 0 Å². The Morgan fingerprint density at radius 2 is 1.84 bits per heavy atom. The van der Waals surface area contributed by atoms with E-state index in [4.69, 9.17) is 0 Å². The van der Waals surface area contributed by atoms with Crippen LogP contribution in [0.4, 0.5) is 5.69 Å². The Morgan fingerprint density at radius 3 is 2.56 bits per heavy atom. The minimum atomic E-state index is 0.145. The number of amides is 2. The maximum atomic E-state index is 12.3. The predicted octanol–water partition coefficient (Wildman–Crippen LogP) is 3.82. The fraction of sp³-hybridized carbons (Fsp3) is 0.619. The predicted molar refractivity (Wildman–Crippen MR) is 100 cm³/mol. The molecular formula is C21H30N2O2. The molecule has 0 aromatic heterocycles. The van der Waals surface area contributed by atoms with Crippen molar-refractivity contribution in [1.29, 1.82) is 0 Å². The molecule has 4 nitrogen and oxygen atoms in total. The van der Waals surface area contributed by atoms with Crippen LogP contribution in [0.3, 0.4) is 0 Å². The Morgan fingerprint density at radius 1 is 1.12 bits per heavy atom. The summed E-state index contributed by atoms with van der Waals surface area (Å²) in [7, 11) is 0. The van der Waals surface area contributed by atoms with Crippen molar-refractivity contribution in [2.75, 3.05) is 18.0 Å². The highest BCUT2D eigenvalue weighted by Gasteiger charge is 2.30. The van der Waals surface area contributed by atoms with Crippen LogP contribution in [-0.2, 0) is 9.59 Å². The molecule has 2 aliphatic rings. The first-order valence-electron chi connectivity index (χ1n) is 9.75. The van der Waals surface area contributed by atoms with E-state index in [-0.39, 0.29) is 17.7 Å². The molecule has 1 saturated carbocycles. The van der Waals surface area contributed by atoms with E-state index in [1.165, 1.54) is 37.7 Å². The quantitative estimate of drug-likeness (QED) is 0.854. The molecule has 3 rings (SSSR count). The number of anilines is 1. The fourth-order valence-corrected chi connectivity index (χ4v) is 4.05. The van der Waals surface area contributed by atoms with Crippen molar-refractivity contribution in [3.05, 3.63) is 29.8 Å². The summed E-state index contributed by atoms with van der Waals surface area (Å²) in [5.41, 5.74) is 2.15. The summed E-state index contributed by atoms with van der Waals surface area (Å²) in [6.07, 6.45) is 8.76. The van der Waals surface area contributed by atoms with Crippen LogP contribution in [0.5, 0.6) is 0 Å². The lowest BCUT2D eigenvalue weighted by Crippen LogP contribution is -2.31. The third-order valence-electron chi connectivity index (χ3n) is 5.64. The highest BCUT2D eigenvalue weighted by molar-refractivity contribution is 5.95. The maximum absolute atomic E-state index is 12.3. The van der Waals surface area contributed by atoms with Gasteiger partial charge in [0.15, 0.2) is 0 Å². The van der Waals surface area contributed by atoms with Crippen molar-refractivity contribution < 1.29 is 9.59 Å². The molecule has 1 saturated heterocycles. The molecule has 1 atom stereocenters. The van der Waals surface area contributed by atoms with Gasteiger partial charge in [0.2, 0.25) is 11.8 Å². The first-order valence-corrected chi connectivity index (χ1v) is 9.75. The molecule has 1 heterocycles. The second-order valence-corrected chi connectivity index (χ2v) is 7.76. The van der Waals surface area contributed by atoms with Gasteiger partial charge in [-0.3, -0.25) is 9.59 Å². The molecule has 136 valence electrons. The number of nitrogens with zero attached hydrogens (tertiary/aromatic N) is 1. The van der Waals surface area contributed by atoms with Crippen molar-refractivity contribution in [2.45, 2.75) is 58.3 Å². The van der Waals surface area contributed by atoms with E-state index in [0.717, 1.165) is 18.0 Å². The number of hydrogen-bond donors (Lipinski definition) is 1. The topological polar surface area (TPSA) is 49.4 Å². The number of rotatable bonds is 6. The number of hydrogen-bond acceptors (Lipinski definition) is 2. The monoisotopic (exact) mass is 342 g/mol. The van der Waals surface area contributed by atoms with Gasteiger partial charge in [-0.25, -0.2) is 0 Å². The zero-order chi connectivity index (χ0) is 17.6. The standard InChI is InChI=1S/C21H30N2O2/c1-16-7-10-19(11-8-16)23-15-18(13-21(23)25)14-22-20(24)12-9-17-5-3-2-4-6-17/h7-8,10-11,17-18H,2-6,9,12-15H2,1H3,(H,22,24). The van der Waals surface area contributed by atoms with Crippen LogP contribution in [0.25, 0.3) is 0 Å². The maximum Gasteiger partial charge on any atom is 0.227 e. The van der Waals surface area contributed by atoms with E-state index >= 15 is 0 Å². The molecule has 25 heavy (non-hydrogen) atoms. The minimum absolute atomic E-state index is 0.145. The summed E-state index contributed by atoms with van der Waals surface area (Å²) >= 11 is 0. The van der Waals surface area contributed by atoms with Crippen LogP contribution in [0.1, 0.15) is 56.9 Å². The first-order chi connectivity index (χ1) is 12.1. The van der Waals surface area contributed by atoms with E-state index < -0.39 is 0 Å². The van der Waals surface area contributed by atoms with Gasteiger partial charge in [-0.1, -0.05) is 49.8 Å². The van der Waals surface area contributed by atoms with Crippen molar-refractivity contribution in [2.24, 2.45) is 11.8 Å². The van der Waals surface area contributed by atoms with Crippen LogP contribution < -0.4 is 10.2 Å². The molecular weight excluding hydrogens is 312 g/mol. The smallest absolute Gasteiger partial charge is 0.227 e. The summed E-state index contributed by atoms with van der Waals surface area (Å²) in [5, 5.41) is 3.05. The number of carbonyl (C=O) groups is 2. The van der Waals surface area contributed by atoms with Crippen molar-refractivity contribution >= 4 is 17.5 Å². The molecule has 4 heteroatoms. The van der Waals surface area contributed by atoms with E-state index in [1.807, 2.05) is 36.1 Å². The summed E-state index contributed by atoms with van der Waals surface area (Å²) in [6.45, 7) is 3.35. The highest BCUT2D eigenvalue weighted by atomic mass is 16.2. The number of benzene rings is 1. The molecule has 0 radical (unpaired) electrons. The van der Waals surface area contributed by atoms with Gasteiger partial charge < -0.3 is 10.2 Å². The average Bonchev–Trinajstić information content (AvgIpc) is 3.00. The zero-order valence-electron chi connectivity index (χ0n) is 15.3. The second kappa shape index (κ2) is 8.50. The average molecular weight is 342 g/mol. The van der Waals surface area contributed by atoms with Gasteiger partial charge in [0, 0.05) is 37.5 Å². The summed E-state index contributed by atoms with van der Waals surface area (Å²) in [5.74, 6) is 1.26. The van der Waals surface area contributed by atoms with Crippen molar-refractivity contribution in [3.63, 3.8) is 0 Å². The summed E-state index contributed by atoms with van der Waals surface area (Å²) in [6, 6.07) is 8.06. The number of aryl methyl sites for hydroxylation is 1. The Labute approximate surface area is 151 Å². The van der Waals surface area contributed by atoms with Gasteiger partial charge in [-0.2, -0.15) is 0 Å². The van der Waals surface area contributed by atoms with Gasteiger partial charge in [0.1, 0.15) is 0 Å². The van der Waals surface area contributed by atoms with E-state index in [1.54, 1.807) is 0 Å². The molecule has 1 aromatic rings. The van der Waals surface area contributed by atoms with Crippen LogP contribution in [0.15, 0.2) is 24.3 Å². The van der Waals surface area contributed by atoms with Crippen LogP contribution >= 0.6 is 0 Å². The second-order valence-electron chi connectivity index (χ2n) is 7.76. The Hall–Kier alpha value is -1.84. The van der Waals surface area contributed by atoms with Gasteiger partial charge >= 0.3 is 0 Å².